The Hall–Kier alpha value is -2.54. The van der Waals surface area contributed by atoms with Crippen molar-refractivity contribution in [1.29, 1.82) is 0 Å². The van der Waals surface area contributed by atoms with E-state index in [1.807, 2.05) is 36.1 Å². The Morgan fingerprint density at radius 1 is 1.04 bits per heavy atom. The summed E-state index contributed by atoms with van der Waals surface area (Å²) < 4.78 is 12.9. The standard InChI is InChI=1S/C21H24FN3O2S/c1-16-3-2-4-18(15-16)23-21(27)25-12-10-24(11-13-25)20(26)9-14-28-19-7-5-17(22)6-8-19/h2-8,15H,9-14H2,1H3,(H,23,27). The molecule has 1 saturated heterocycles. The minimum Gasteiger partial charge on any atom is -0.339 e. The van der Waals surface area contributed by atoms with Gasteiger partial charge in [0.05, 0.1) is 0 Å². The van der Waals surface area contributed by atoms with Crippen LogP contribution in [0.15, 0.2) is 53.4 Å². The molecule has 1 aliphatic heterocycles. The van der Waals surface area contributed by atoms with Gasteiger partial charge in [0.15, 0.2) is 0 Å². The lowest BCUT2D eigenvalue weighted by Gasteiger charge is -2.34. The second-order valence-corrected chi connectivity index (χ2v) is 7.89. The minimum atomic E-state index is -0.260. The van der Waals surface area contributed by atoms with Crippen molar-refractivity contribution in [3.63, 3.8) is 0 Å². The lowest BCUT2D eigenvalue weighted by molar-refractivity contribution is -0.132. The molecule has 0 radical (unpaired) electrons. The van der Waals surface area contributed by atoms with Crippen LogP contribution in [-0.2, 0) is 4.79 Å². The quantitative estimate of drug-likeness (QED) is 0.771. The van der Waals surface area contributed by atoms with Gasteiger partial charge in [-0.1, -0.05) is 12.1 Å². The predicted octanol–water partition coefficient (Wildman–Crippen LogP) is 3.99. The number of halogens is 1. The number of thioether (sulfide) groups is 1. The molecule has 28 heavy (non-hydrogen) atoms. The van der Waals surface area contributed by atoms with Crippen LogP contribution in [-0.4, -0.2) is 53.7 Å². The van der Waals surface area contributed by atoms with Gasteiger partial charge in [0.2, 0.25) is 5.91 Å². The number of amides is 3. The van der Waals surface area contributed by atoms with E-state index in [1.165, 1.54) is 12.1 Å². The van der Waals surface area contributed by atoms with Crippen LogP contribution < -0.4 is 5.32 Å². The molecule has 1 N–H and O–H groups in total. The first kappa shape index (κ1) is 20.2. The molecular weight excluding hydrogens is 377 g/mol. The number of urea groups is 1. The van der Waals surface area contributed by atoms with Gasteiger partial charge in [0.25, 0.3) is 0 Å². The molecule has 0 spiro atoms. The first-order chi connectivity index (χ1) is 13.5. The molecule has 1 fully saturated rings. The monoisotopic (exact) mass is 401 g/mol. The fourth-order valence-corrected chi connectivity index (χ4v) is 3.87. The maximum Gasteiger partial charge on any atom is 0.321 e. The lowest BCUT2D eigenvalue weighted by Crippen LogP contribution is -2.51. The Bertz CT molecular complexity index is 821. The van der Waals surface area contributed by atoms with Crippen LogP contribution in [0.2, 0.25) is 0 Å². The fraction of sp³-hybridized carbons (Fsp3) is 0.333. The summed E-state index contributed by atoms with van der Waals surface area (Å²) in [5, 5.41) is 2.91. The van der Waals surface area contributed by atoms with Gasteiger partial charge in [0, 0.05) is 48.9 Å². The molecule has 0 aromatic heterocycles. The molecule has 3 amide bonds. The highest BCUT2D eigenvalue weighted by Gasteiger charge is 2.23. The third-order valence-electron chi connectivity index (χ3n) is 4.59. The highest BCUT2D eigenvalue weighted by molar-refractivity contribution is 7.99. The predicted molar refractivity (Wildman–Crippen MR) is 110 cm³/mol. The number of aryl methyl sites for hydroxylation is 1. The van der Waals surface area contributed by atoms with Crippen molar-refractivity contribution in [2.45, 2.75) is 18.2 Å². The van der Waals surface area contributed by atoms with Crippen molar-refractivity contribution >= 4 is 29.4 Å². The number of hydrogen-bond acceptors (Lipinski definition) is 3. The smallest absolute Gasteiger partial charge is 0.321 e. The van der Waals surface area contributed by atoms with Gasteiger partial charge in [-0.3, -0.25) is 4.79 Å². The van der Waals surface area contributed by atoms with Crippen LogP contribution in [0.3, 0.4) is 0 Å². The zero-order valence-electron chi connectivity index (χ0n) is 15.9. The van der Waals surface area contributed by atoms with Crippen LogP contribution in [0.25, 0.3) is 0 Å². The highest BCUT2D eigenvalue weighted by atomic mass is 32.2. The molecule has 3 rings (SSSR count). The summed E-state index contributed by atoms with van der Waals surface area (Å²) in [5.74, 6) is 0.483. The largest absolute Gasteiger partial charge is 0.339 e. The molecular formula is C21H24FN3O2S. The minimum absolute atomic E-state index is 0.0911. The molecule has 148 valence electrons. The van der Waals surface area contributed by atoms with E-state index in [9.17, 15) is 14.0 Å². The highest BCUT2D eigenvalue weighted by Crippen LogP contribution is 2.19. The number of nitrogens with zero attached hydrogens (tertiary/aromatic N) is 2. The first-order valence-corrected chi connectivity index (χ1v) is 10.3. The van der Waals surface area contributed by atoms with Crippen molar-refractivity contribution in [1.82, 2.24) is 9.80 Å². The van der Waals surface area contributed by atoms with E-state index in [2.05, 4.69) is 5.32 Å². The normalized spacial score (nSPS) is 14.1. The molecule has 7 heteroatoms. The molecule has 0 atom stereocenters. The Balaban J connectivity index is 1.39. The van der Waals surface area contributed by atoms with E-state index >= 15 is 0 Å². The maximum atomic E-state index is 12.9. The summed E-state index contributed by atoms with van der Waals surface area (Å²) in [6.07, 6.45) is 0.428. The second-order valence-electron chi connectivity index (χ2n) is 6.72. The van der Waals surface area contributed by atoms with Gasteiger partial charge < -0.3 is 15.1 Å². The van der Waals surface area contributed by atoms with Crippen molar-refractivity contribution in [3.8, 4) is 0 Å². The Labute approximate surface area is 168 Å². The number of piperazine rings is 1. The fourth-order valence-electron chi connectivity index (χ4n) is 3.03. The first-order valence-electron chi connectivity index (χ1n) is 9.30. The summed E-state index contributed by atoms with van der Waals surface area (Å²) in [5.41, 5.74) is 1.87. The van der Waals surface area contributed by atoms with Crippen LogP contribution >= 0.6 is 11.8 Å². The average molecular weight is 402 g/mol. The van der Waals surface area contributed by atoms with Gasteiger partial charge in [-0.2, -0.15) is 0 Å². The van der Waals surface area contributed by atoms with Crippen LogP contribution in [0.5, 0.6) is 0 Å². The molecule has 5 nitrogen and oxygen atoms in total. The summed E-state index contributed by atoms with van der Waals surface area (Å²) in [4.78, 5) is 29.3. The van der Waals surface area contributed by atoms with Gasteiger partial charge >= 0.3 is 6.03 Å². The third-order valence-corrected chi connectivity index (χ3v) is 5.60. The van der Waals surface area contributed by atoms with Crippen molar-refractivity contribution in [2.75, 3.05) is 37.2 Å². The van der Waals surface area contributed by atoms with Gasteiger partial charge in [0.1, 0.15) is 5.82 Å². The molecule has 2 aromatic rings. The maximum absolute atomic E-state index is 12.9. The molecule has 1 heterocycles. The van der Waals surface area contributed by atoms with E-state index in [-0.39, 0.29) is 17.8 Å². The summed E-state index contributed by atoms with van der Waals surface area (Å²) in [7, 11) is 0. The molecule has 0 bridgehead atoms. The zero-order valence-corrected chi connectivity index (χ0v) is 16.7. The van der Waals surface area contributed by atoms with Crippen molar-refractivity contribution in [2.24, 2.45) is 0 Å². The number of rotatable bonds is 5. The van der Waals surface area contributed by atoms with Crippen LogP contribution in [0.4, 0.5) is 14.9 Å². The number of benzene rings is 2. The van der Waals surface area contributed by atoms with Gasteiger partial charge in [-0.15, -0.1) is 11.8 Å². The molecule has 0 saturated carbocycles. The second kappa shape index (κ2) is 9.59. The van der Waals surface area contributed by atoms with E-state index < -0.39 is 0 Å². The number of carbonyl (C=O) groups excluding carboxylic acids is 2. The number of nitrogens with one attached hydrogen (secondary N) is 1. The number of anilines is 1. The number of carbonyl (C=O) groups is 2. The lowest BCUT2D eigenvalue weighted by atomic mass is 10.2. The zero-order chi connectivity index (χ0) is 19.9. The molecule has 2 aromatic carbocycles. The Morgan fingerprint density at radius 2 is 1.71 bits per heavy atom. The van der Waals surface area contributed by atoms with E-state index in [1.54, 1.807) is 28.8 Å². The van der Waals surface area contributed by atoms with Crippen LogP contribution in [0.1, 0.15) is 12.0 Å². The van der Waals surface area contributed by atoms with Crippen molar-refractivity contribution in [3.05, 3.63) is 59.9 Å². The van der Waals surface area contributed by atoms with Crippen LogP contribution in [0, 0.1) is 12.7 Å². The van der Waals surface area contributed by atoms with Gasteiger partial charge in [-0.05, 0) is 48.9 Å². The molecule has 0 unspecified atom stereocenters. The third kappa shape index (κ3) is 5.73. The van der Waals surface area contributed by atoms with Crippen molar-refractivity contribution < 1.29 is 14.0 Å². The Morgan fingerprint density at radius 3 is 2.39 bits per heavy atom. The summed E-state index contributed by atoms with van der Waals surface area (Å²) >= 11 is 1.54. The summed E-state index contributed by atoms with van der Waals surface area (Å²) in [6, 6.07) is 13.8. The topological polar surface area (TPSA) is 52.7 Å². The van der Waals surface area contributed by atoms with Gasteiger partial charge in [-0.25, -0.2) is 9.18 Å². The molecule has 1 aliphatic rings. The van der Waals surface area contributed by atoms with E-state index in [4.69, 9.17) is 0 Å². The van der Waals surface area contributed by atoms with E-state index in [0.717, 1.165) is 16.1 Å². The average Bonchev–Trinajstić information content (AvgIpc) is 2.69. The number of hydrogen-bond donors (Lipinski definition) is 1. The van der Waals surface area contributed by atoms with E-state index in [0.29, 0.717) is 38.4 Å². The Kier molecular flexibility index (Phi) is 6.92. The summed E-state index contributed by atoms with van der Waals surface area (Å²) in [6.45, 7) is 4.11. The SMILES string of the molecule is Cc1cccc(NC(=O)N2CCN(C(=O)CCSc3ccc(F)cc3)CC2)c1. The molecule has 0 aliphatic carbocycles.